The Morgan fingerprint density at radius 3 is 2.52 bits per heavy atom. The monoisotopic (exact) mass is 557 g/mol. The lowest BCUT2D eigenvalue weighted by Gasteiger charge is -2.32. The van der Waals surface area contributed by atoms with Gasteiger partial charge in [-0.1, -0.05) is 31.2 Å². The van der Waals surface area contributed by atoms with Crippen molar-refractivity contribution in [1.29, 1.82) is 0 Å². The van der Waals surface area contributed by atoms with Crippen molar-refractivity contribution in [2.24, 2.45) is 5.73 Å². The van der Waals surface area contributed by atoms with E-state index in [1.54, 1.807) is 18.2 Å². The average molecular weight is 558 g/mol. The molecule has 1 amide bonds. The first-order chi connectivity index (χ1) is 19.4. The van der Waals surface area contributed by atoms with Gasteiger partial charge in [0.1, 0.15) is 17.9 Å². The van der Waals surface area contributed by atoms with E-state index in [2.05, 4.69) is 22.9 Å². The number of amides is 1. The van der Waals surface area contributed by atoms with Gasteiger partial charge in [-0.15, -0.1) is 11.3 Å². The van der Waals surface area contributed by atoms with Crippen LogP contribution in [0.2, 0.25) is 0 Å². The van der Waals surface area contributed by atoms with Crippen molar-refractivity contribution in [2.45, 2.75) is 13.3 Å². The topological polar surface area (TPSA) is 98.2 Å². The Bertz CT molecular complexity index is 1680. The summed E-state index contributed by atoms with van der Waals surface area (Å²) >= 11 is 1.37. The molecule has 0 unspecified atom stereocenters. The van der Waals surface area contributed by atoms with Crippen LogP contribution in [0.4, 0.5) is 5.88 Å². The fraction of sp³-hybridized carbons (Fsp3) is 0.290. The highest BCUT2D eigenvalue weighted by atomic mass is 32.1. The van der Waals surface area contributed by atoms with E-state index in [0.29, 0.717) is 46.4 Å². The Kier molecular flexibility index (Phi) is 7.08. The van der Waals surface area contributed by atoms with Gasteiger partial charge in [0, 0.05) is 54.3 Å². The highest BCUT2D eigenvalue weighted by Crippen LogP contribution is 2.45. The molecule has 2 aromatic heterocycles. The summed E-state index contributed by atoms with van der Waals surface area (Å²) in [5.74, 6) is 1.31. The predicted molar refractivity (Wildman–Crippen MR) is 159 cm³/mol. The van der Waals surface area contributed by atoms with Crippen LogP contribution in [0.3, 0.4) is 0 Å². The van der Waals surface area contributed by atoms with E-state index in [0.717, 1.165) is 60.4 Å². The molecule has 9 heteroatoms. The summed E-state index contributed by atoms with van der Waals surface area (Å²) in [6, 6.07) is 12.9. The zero-order chi connectivity index (χ0) is 27.8. The highest BCUT2D eigenvalue weighted by Gasteiger charge is 2.25. The number of benzene rings is 2. The van der Waals surface area contributed by atoms with Crippen LogP contribution in [0.5, 0.6) is 11.5 Å². The van der Waals surface area contributed by atoms with E-state index in [4.69, 9.17) is 19.6 Å². The molecule has 0 spiro atoms. The molecule has 0 atom stereocenters. The third-order valence-corrected chi connectivity index (χ3v) is 8.36. The minimum atomic E-state index is -0.498. The van der Waals surface area contributed by atoms with Gasteiger partial charge in [-0.2, -0.15) is 0 Å². The van der Waals surface area contributed by atoms with E-state index in [9.17, 15) is 9.59 Å². The SMILES string of the molecule is CC/C=C(/c1ccccc1C(N)=O)c1cc(-c2csc3c(=O)cc(N4CCN(C)CC4)oc23)cc2c1OCCO2. The van der Waals surface area contributed by atoms with Crippen molar-refractivity contribution in [3.05, 3.63) is 80.8 Å². The van der Waals surface area contributed by atoms with Gasteiger partial charge in [-0.05, 0) is 48.4 Å². The van der Waals surface area contributed by atoms with Gasteiger partial charge in [0.15, 0.2) is 23.0 Å². The van der Waals surface area contributed by atoms with Crippen molar-refractivity contribution < 1.29 is 18.7 Å². The lowest BCUT2D eigenvalue weighted by atomic mass is 9.90. The second-order valence-electron chi connectivity index (χ2n) is 10.0. The fourth-order valence-electron chi connectivity index (χ4n) is 5.32. The number of piperazine rings is 1. The smallest absolute Gasteiger partial charge is 0.249 e. The molecule has 4 heterocycles. The Morgan fingerprint density at radius 2 is 1.77 bits per heavy atom. The van der Waals surface area contributed by atoms with Crippen LogP contribution in [0.1, 0.15) is 34.8 Å². The number of ether oxygens (including phenoxy) is 2. The first-order valence-corrected chi connectivity index (χ1v) is 14.3. The predicted octanol–water partition coefficient (Wildman–Crippen LogP) is 4.99. The number of thiophene rings is 1. The van der Waals surface area contributed by atoms with Crippen LogP contribution in [0, 0.1) is 0 Å². The first kappa shape index (κ1) is 26.2. The molecule has 1 fully saturated rings. The number of carbonyl (C=O) groups is 1. The molecule has 6 rings (SSSR count). The van der Waals surface area contributed by atoms with Gasteiger partial charge in [0.05, 0.1) is 0 Å². The van der Waals surface area contributed by atoms with Gasteiger partial charge in [-0.25, -0.2) is 0 Å². The standard InChI is InChI=1S/C31H31N3O5S/c1-3-6-20(21-7-4-5-8-22(21)31(32)36)23-15-19(16-26-28(23)38-14-13-37-26)24-18-40-30-25(35)17-27(39-29(24)30)34-11-9-33(2)10-12-34/h4-8,15-18H,3,9-14H2,1-2H3,(H2,32,36)/b20-6-. The number of primary amides is 1. The number of fused-ring (bicyclic) bond motifs is 2. The van der Waals surface area contributed by atoms with E-state index in [1.807, 2.05) is 36.6 Å². The average Bonchev–Trinajstić information content (AvgIpc) is 3.40. The van der Waals surface area contributed by atoms with Gasteiger partial charge in [-0.3, -0.25) is 9.59 Å². The molecule has 0 aliphatic carbocycles. The van der Waals surface area contributed by atoms with Gasteiger partial charge in [0.25, 0.3) is 0 Å². The van der Waals surface area contributed by atoms with Crippen molar-refractivity contribution in [1.82, 2.24) is 4.90 Å². The van der Waals surface area contributed by atoms with Crippen LogP contribution >= 0.6 is 11.3 Å². The maximum atomic E-state index is 13.1. The number of carbonyl (C=O) groups excluding carboxylic acids is 1. The summed E-state index contributed by atoms with van der Waals surface area (Å²) in [4.78, 5) is 29.9. The van der Waals surface area contributed by atoms with Gasteiger partial charge in [0.2, 0.25) is 11.3 Å². The number of rotatable bonds is 6. The normalized spacial score (nSPS) is 15.9. The Hall–Kier alpha value is -4.08. The molecule has 0 radical (unpaired) electrons. The Balaban J connectivity index is 1.53. The summed E-state index contributed by atoms with van der Waals surface area (Å²) < 4.78 is 19.2. The third kappa shape index (κ3) is 4.76. The Labute approximate surface area is 236 Å². The molecular formula is C31H31N3O5S. The number of hydrogen-bond donors (Lipinski definition) is 1. The number of likely N-dealkylation sites (N-methyl/N-ethyl adjacent to an activating group) is 1. The van der Waals surface area contributed by atoms with Crippen molar-refractivity contribution in [3.8, 4) is 22.6 Å². The third-order valence-electron chi connectivity index (χ3n) is 7.38. The molecule has 8 nitrogen and oxygen atoms in total. The quantitative estimate of drug-likeness (QED) is 0.357. The number of allylic oxidation sites excluding steroid dienone is 1. The minimum absolute atomic E-state index is 0.0499. The lowest BCUT2D eigenvalue weighted by molar-refractivity contribution is 0.1000. The molecule has 4 aromatic rings. The summed E-state index contributed by atoms with van der Waals surface area (Å²) in [7, 11) is 2.09. The van der Waals surface area contributed by atoms with E-state index >= 15 is 0 Å². The van der Waals surface area contributed by atoms with Crippen LogP contribution in [0.15, 0.2) is 63.1 Å². The fourth-order valence-corrected chi connectivity index (χ4v) is 6.24. The molecule has 40 heavy (non-hydrogen) atoms. The molecule has 0 bridgehead atoms. The number of nitrogens with zero attached hydrogens (tertiary/aromatic N) is 2. The largest absolute Gasteiger partial charge is 0.486 e. The highest BCUT2D eigenvalue weighted by molar-refractivity contribution is 7.17. The maximum Gasteiger partial charge on any atom is 0.249 e. The summed E-state index contributed by atoms with van der Waals surface area (Å²) in [5.41, 5.74) is 10.7. The summed E-state index contributed by atoms with van der Waals surface area (Å²) in [5, 5.41) is 1.96. The zero-order valence-electron chi connectivity index (χ0n) is 22.6. The van der Waals surface area contributed by atoms with E-state index in [-0.39, 0.29) is 5.43 Å². The van der Waals surface area contributed by atoms with Crippen molar-refractivity contribution in [2.75, 3.05) is 51.3 Å². The zero-order valence-corrected chi connectivity index (χ0v) is 23.4. The van der Waals surface area contributed by atoms with Gasteiger partial charge < -0.3 is 29.4 Å². The van der Waals surface area contributed by atoms with E-state index < -0.39 is 5.91 Å². The van der Waals surface area contributed by atoms with Crippen molar-refractivity contribution in [3.63, 3.8) is 0 Å². The Morgan fingerprint density at radius 1 is 1.02 bits per heavy atom. The summed E-state index contributed by atoms with van der Waals surface area (Å²) in [6.45, 7) is 6.29. The lowest BCUT2D eigenvalue weighted by Crippen LogP contribution is -2.44. The number of nitrogens with two attached hydrogens (primary N) is 1. The van der Waals surface area contributed by atoms with Crippen LogP contribution < -0.4 is 25.5 Å². The molecule has 2 aliphatic rings. The molecule has 1 saturated heterocycles. The molecule has 2 N–H and O–H groups in total. The van der Waals surface area contributed by atoms with Crippen LogP contribution in [0.25, 0.3) is 27.0 Å². The molecule has 2 aromatic carbocycles. The van der Waals surface area contributed by atoms with E-state index in [1.165, 1.54) is 11.3 Å². The maximum absolute atomic E-state index is 13.1. The van der Waals surface area contributed by atoms with Crippen molar-refractivity contribution >= 4 is 39.0 Å². The second-order valence-corrected chi connectivity index (χ2v) is 10.9. The molecule has 0 saturated carbocycles. The molecule has 2 aliphatic heterocycles. The second kappa shape index (κ2) is 10.8. The first-order valence-electron chi connectivity index (χ1n) is 13.5. The van der Waals surface area contributed by atoms with Crippen LogP contribution in [-0.4, -0.2) is 57.2 Å². The number of hydrogen-bond acceptors (Lipinski definition) is 8. The number of anilines is 1. The minimum Gasteiger partial charge on any atom is -0.486 e. The molecule has 206 valence electrons. The molecular weight excluding hydrogens is 526 g/mol. The van der Waals surface area contributed by atoms with Crippen LogP contribution in [-0.2, 0) is 0 Å². The van der Waals surface area contributed by atoms with Gasteiger partial charge >= 0.3 is 0 Å². The summed E-state index contributed by atoms with van der Waals surface area (Å²) in [6.07, 6.45) is 2.80.